The molecular formula is C17H23N3OS. The van der Waals surface area contributed by atoms with E-state index < -0.39 is 0 Å². The van der Waals surface area contributed by atoms with Crippen LogP contribution in [0.2, 0.25) is 0 Å². The van der Waals surface area contributed by atoms with Crippen molar-refractivity contribution in [2.75, 3.05) is 5.73 Å². The maximum Gasteiger partial charge on any atom is 0.228 e. The molecule has 2 N–H and O–H groups in total. The molecule has 2 rings (SSSR count). The summed E-state index contributed by atoms with van der Waals surface area (Å²) in [5.74, 6) is 0.114. The average molecular weight is 317 g/mol. The molecule has 0 aliphatic carbocycles. The van der Waals surface area contributed by atoms with Crippen LogP contribution < -0.4 is 5.73 Å². The number of amides is 1. The SMILES string of the molecule is Cc1cccc(CN(C(=O)Cc2sc(N)nc2C)C(C)C)c1. The molecule has 118 valence electrons. The van der Waals surface area contributed by atoms with Gasteiger partial charge in [0, 0.05) is 17.5 Å². The number of carbonyl (C=O) groups is 1. The van der Waals surface area contributed by atoms with E-state index in [1.165, 1.54) is 16.9 Å². The Kier molecular flexibility index (Phi) is 5.19. The summed E-state index contributed by atoms with van der Waals surface area (Å²) in [6.07, 6.45) is 0.366. The van der Waals surface area contributed by atoms with Crippen LogP contribution in [-0.4, -0.2) is 21.8 Å². The molecule has 0 aliphatic rings. The van der Waals surface area contributed by atoms with Gasteiger partial charge in [-0.1, -0.05) is 29.8 Å². The van der Waals surface area contributed by atoms with Crippen molar-refractivity contribution in [3.63, 3.8) is 0 Å². The van der Waals surface area contributed by atoms with Gasteiger partial charge in [0.1, 0.15) is 0 Å². The number of carbonyl (C=O) groups excluding carboxylic acids is 1. The third-order valence-electron chi connectivity index (χ3n) is 3.60. The first-order chi connectivity index (χ1) is 10.4. The third kappa shape index (κ3) is 4.07. The van der Waals surface area contributed by atoms with Crippen molar-refractivity contribution >= 4 is 22.4 Å². The molecule has 1 aromatic carbocycles. The summed E-state index contributed by atoms with van der Waals surface area (Å²) in [7, 11) is 0. The number of aromatic nitrogens is 1. The predicted molar refractivity (Wildman–Crippen MR) is 91.8 cm³/mol. The fraction of sp³-hybridized carbons (Fsp3) is 0.412. The summed E-state index contributed by atoms with van der Waals surface area (Å²) in [4.78, 5) is 19.7. The number of aryl methyl sites for hydroxylation is 2. The van der Waals surface area contributed by atoms with Crippen LogP contribution >= 0.6 is 11.3 Å². The molecule has 0 saturated heterocycles. The Bertz CT molecular complexity index is 664. The molecule has 0 saturated carbocycles. The van der Waals surface area contributed by atoms with E-state index in [4.69, 9.17) is 5.73 Å². The molecule has 5 heteroatoms. The van der Waals surface area contributed by atoms with Crippen LogP contribution in [0.5, 0.6) is 0 Å². The van der Waals surface area contributed by atoms with Crippen molar-refractivity contribution in [3.8, 4) is 0 Å². The fourth-order valence-corrected chi connectivity index (χ4v) is 3.24. The molecule has 1 amide bonds. The van der Waals surface area contributed by atoms with Gasteiger partial charge in [0.25, 0.3) is 0 Å². The van der Waals surface area contributed by atoms with E-state index in [2.05, 4.69) is 30.1 Å². The zero-order valence-corrected chi connectivity index (χ0v) is 14.4. The lowest BCUT2D eigenvalue weighted by atomic mass is 10.1. The van der Waals surface area contributed by atoms with Crippen molar-refractivity contribution in [2.45, 2.75) is 46.7 Å². The predicted octanol–water partition coefficient (Wildman–Crippen LogP) is 3.32. The smallest absolute Gasteiger partial charge is 0.228 e. The first-order valence-corrected chi connectivity index (χ1v) is 8.25. The quantitative estimate of drug-likeness (QED) is 0.920. The molecule has 4 nitrogen and oxygen atoms in total. The third-order valence-corrected chi connectivity index (χ3v) is 4.59. The maximum absolute atomic E-state index is 12.7. The van der Waals surface area contributed by atoms with Gasteiger partial charge >= 0.3 is 0 Å². The van der Waals surface area contributed by atoms with Crippen LogP contribution in [-0.2, 0) is 17.8 Å². The Balaban J connectivity index is 2.13. The molecule has 0 spiro atoms. The molecule has 0 fully saturated rings. The highest BCUT2D eigenvalue weighted by atomic mass is 32.1. The van der Waals surface area contributed by atoms with Crippen molar-refractivity contribution in [2.24, 2.45) is 0 Å². The summed E-state index contributed by atoms with van der Waals surface area (Å²) in [6, 6.07) is 8.43. The number of benzene rings is 1. The van der Waals surface area contributed by atoms with Gasteiger partial charge in [-0.2, -0.15) is 0 Å². The maximum atomic E-state index is 12.7. The van der Waals surface area contributed by atoms with Gasteiger partial charge in [-0.3, -0.25) is 4.79 Å². The number of nitrogen functional groups attached to an aromatic ring is 1. The number of nitrogens with two attached hydrogens (primary N) is 1. The van der Waals surface area contributed by atoms with Gasteiger partial charge in [0.05, 0.1) is 12.1 Å². The van der Waals surface area contributed by atoms with E-state index in [1.54, 1.807) is 0 Å². The fourth-order valence-electron chi connectivity index (χ4n) is 2.42. The first-order valence-electron chi connectivity index (χ1n) is 7.43. The minimum Gasteiger partial charge on any atom is -0.375 e. The van der Waals surface area contributed by atoms with Gasteiger partial charge in [0.2, 0.25) is 5.91 Å². The van der Waals surface area contributed by atoms with E-state index in [0.717, 1.165) is 16.1 Å². The van der Waals surface area contributed by atoms with Crippen molar-refractivity contribution in [1.29, 1.82) is 0 Å². The van der Waals surface area contributed by atoms with Crippen LogP contribution in [0, 0.1) is 13.8 Å². The second kappa shape index (κ2) is 6.92. The average Bonchev–Trinajstić information content (AvgIpc) is 2.73. The van der Waals surface area contributed by atoms with E-state index in [9.17, 15) is 4.79 Å². The summed E-state index contributed by atoms with van der Waals surface area (Å²) in [5.41, 5.74) is 8.93. The molecule has 1 heterocycles. The van der Waals surface area contributed by atoms with Crippen molar-refractivity contribution in [1.82, 2.24) is 9.88 Å². The monoisotopic (exact) mass is 317 g/mol. The van der Waals surface area contributed by atoms with Crippen molar-refractivity contribution in [3.05, 3.63) is 46.0 Å². The van der Waals surface area contributed by atoms with Gasteiger partial charge < -0.3 is 10.6 Å². The highest BCUT2D eigenvalue weighted by Gasteiger charge is 2.20. The first kappa shape index (κ1) is 16.5. The minimum atomic E-state index is 0.114. The lowest BCUT2D eigenvalue weighted by Crippen LogP contribution is -2.37. The van der Waals surface area contributed by atoms with Crippen LogP contribution in [0.3, 0.4) is 0 Å². The second-order valence-electron chi connectivity index (χ2n) is 5.84. The largest absolute Gasteiger partial charge is 0.375 e. The second-order valence-corrected chi connectivity index (χ2v) is 6.96. The van der Waals surface area contributed by atoms with Gasteiger partial charge in [-0.15, -0.1) is 11.3 Å². The summed E-state index contributed by atoms with van der Waals surface area (Å²) < 4.78 is 0. The van der Waals surface area contributed by atoms with Crippen LogP contribution in [0.1, 0.15) is 35.5 Å². The zero-order valence-electron chi connectivity index (χ0n) is 13.6. The van der Waals surface area contributed by atoms with Crippen molar-refractivity contribution < 1.29 is 4.79 Å². The Morgan fingerprint density at radius 1 is 1.36 bits per heavy atom. The van der Waals surface area contributed by atoms with Crippen LogP contribution in [0.15, 0.2) is 24.3 Å². The topological polar surface area (TPSA) is 59.2 Å². The molecule has 2 aromatic rings. The summed E-state index contributed by atoms with van der Waals surface area (Å²) in [5, 5.41) is 0.523. The molecule has 0 radical (unpaired) electrons. The van der Waals surface area contributed by atoms with E-state index in [1.807, 2.05) is 31.7 Å². The van der Waals surface area contributed by atoms with Crippen LogP contribution in [0.4, 0.5) is 5.13 Å². The normalized spacial score (nSPS) is 11.0. The molecular weight excluding hydrogens is 294 g/mol. The molecule has 0 aliphatic heterocycles. The zero-order chi connectivity index (χ0) is 16.3. The molecule has 0 unspecified atom stereocenters. The van der Waals surface area contributed by atoms with E-state index in [-0.39, 0.29) is 11.9 Å². The number of rotatable bonds is 5. The Morgan fingerprint density at radius 2 is 2.09 bits per heavy atom. The van der Waals surface area contributed by atoms with Gasteiger partial charge in [-0.05, 0) is 33.3 Å². The van der Waals surface area contributed by atoms with Gasteiger partial charge in [0.15, 0.2) is 5.13 Å². The summed E-state index contributed by atoms with van der Waals surface area (Å²) >= 11 is 1.40. The molecule has 0 atom stereocenters. The number of hydrogen-bond donors (Lipinski definition) is 1. The number of nitrogens with zero attached hydrogens (tertiary/aromatic N) is 2. The molecule has 0 bridgehead atoms. The van der Waals surface area contributed by atoms with E-state index >= 15 is 0 Å². The lowest BCUT2D eigenvalue weighted by molar-refractivity contribution is -0.132. The Morgan fingerprint density at radius 3 is 2.64 bits per heavy atom. The highest BCUT2D eigenvalue weighted by Crippen LogP contribution is 2.22. The lowest BCUT2D eigenvalue weighted by Gasteiger charge is -2.27. The Labute approximate surface area is 136 Å². The van der Waals surface area contributed by atoms with E-state index in [0.29, 0.717) is 18.1 Å². The number of anilines is 1. The Hall–Kier alpha value is -1.88. The summed E-state index contributed by atoms with van der Waals surface area (Å²) in [6.45, 7) is 8.68. The highest BCUT2D eigenvalue weighted by molar-refractivity contribution is 7.15. The molecule has 1 aromatic heterocycles. The number of hydrogen-bond acceptors (Lipinski definition) is 4. The standard InChI is InChI=1S/C17H23N3OS/c1-11(2)20(10-14-7-5-6-12(3)8-14)16(21)9-15-13(4)19-17(18)22-15/h5-8,11H,9-10H2,1-4H3,(H2,18,19). The molecule has 22 heavy (non-hydrogen) atoms. The number of thiazole rings is 1. The van der Waals surface area contributed by atoms with Crippen LogP contribution in [0.25, 0.3) is 0 Å². The van der Waals surface area contributed by atoms with Gasteiger partial charge in [-0.25, -0.2) is 4.98 Å². The minimum absolute atomic E-state index is 0.114.